The lowest BCUT2D eigenvalue weighted by Crippen LogP contribution is -2.38. The summed E-state index contributed by atoms with van der Waals surface area (Å²) in [7, 11) is 3.89. The third kappa shape index (κ3) is 6.08. The smallest absolute Gasteiger partial charge is 0.193 e. The Kier molecular flexibility index (Phi) is 7.25. The minimum atomic E-state index is 0.767. The summed E-state index contributed by atoms with van der Waals surface area (Å²) < 4.78 is 5.41. The maximum absolute atomic E-state index is 5.41. The topological polar surface area (TPSA) is 40.1 Å². The molecule has 0 aromatic heterocycles. The fourth-order valence-electron chi connectivity index (χ4n) is 3.28. The number of nitrogens with one attached hydrogen (secondary N) is 1. The number of rotatable bonds is 6. The molecule has 2 aromatic carbocycles. The van der Waals surface area contributed by atoms with Gasteiger partial charge in [0.1, 0.15) is 0 Å². The first-order chi connectivity index (χ1) is 13.2. The lowest BCUT2D eigenvalue weighted by atomic mass is 10.1. The van der Waals surface area contributed by atoms with E-state index in [2.05, 4.69) is 75.7 Å². The van der Waals surface area contributed by atoms with E-state index in [9.17, 15) is 0 Å². The third-order valence-corrected chi connectivity index (χ3v) is 4.82. The number of nitrogens with zero attached hydrogens (tertiary/aromatic N) is 3. The molecule has 5 nitrogen and oxygen atoms in total. The fourth-order valence-corrected chi connectivity index (χ4v) is 3.28. The monoisotopic (exact) mass is 366 g/mol. The molecular weight excluding hydrogens is 336 g/mol. The molecule has 0 aliphatic carbocycles. The van der Waals surface area contributed by atoms with E-state index in [1.54, 1.807) is 0 Å². The third-order valence-electron chi connectivity index (χ3n) is 4.82. The van der Waals surface area contributed by atoms with Crippen LogP contribution in [0.1, 0.15) is 16.7 Å². The normalized spacial score (nSPS) is 15.6. The molecule has 0 atom stereocenters. The zero-order valence-electron chi connectivity index (χ0n) is 16.4. The van der Waals surface area contributed by atoms with E-state index in [-0.39, 0.29) is 0 Å². The van der Waals surface area contributed by atoms with Crippen molar-refractivity contribution in [1.82, 2.24) is 15.1 Å². The fraction of sp³-hybridized carbons (Fsp3) is 0.409. The molecular formula is C22H30N4O. The summed E-state index contributed by atoms with van der Waals surface area (Å²) in [5.41, 5.74) is 3.89. The summed E-state index contributed by atoms with van der Waals surface area (Å²) >= 11 is 0. The van der Waals surface area contributed by atoms with Crippen LogP contribution in [-0.4, -0.2) is 56.2 Å². The van der Waals surface area contributed by atoms with Crippen LogP contribution in [0, 0.1) is 0 Å². The Morgan fingerprint density at radius 3 is 2.33 bits per heavy atom. The second-order valence-electron chi connectivity index (χ2n) is 6.95. The Morgan fingerprint density at radius 2 is 1.67 bits per heavy atom. The molecule has 0 unspecified atom stereocenters. The van der Waals surface area contributed by atoms with Gasteiger partial charge in [-0.3, -0.25) is 9.89 Å². The van der Waals surface area contributed by atoms with Gasteiger partial charge in [0.15, 0.2) is 5.96 Å². The van der Waals surface area contributed by atoms with Crippen LogP contribution in [0.4, 0.5) is 0 Å². The first-order valence-electron chi connectivity index (χ1n) is 9.58. The van der Waals surface area contributed by atoms with Gasteiger partial charge in [0.05, 0.1) is 13.2 Å². The molecule has 0 radical (unpaired) electrons. The van der Waals surface area contributed by atoms with E-state index in [1.165, 1.54) is 16.7 Å². The highest BCUT2D eigenvalue weighted by Gasteiger charge is 2.11. The first-order valence-corrected chi connectivity index (χ1v) is 9.58. The van der Waals surface area contributed by atoms with E-state index in [0.29, 0.717) is 0 Å². The number of morpholine rings is 1. The van der Waals surface area contributed by atoms with Gasteiger partial charge in [0.25, 0.3) is 0 Å². The number of hydrogen-bond acceptors (Lipinski definition) is 3. The van der Waals surface area contributed by atoms with Gasteiger partial charge in [0.2, 0.25) is 0 Å². The number of guanidine groups is 1. The van der Waals surface area contributed by atoms with Crippen LogP contribution < -0.4 is 5.32 Å². The van der Waals surface area contributed by atoms with Crippen molar-refractivity contribution in [3.8, 4) is 0 Å². The SMILES string of the molecule is CN=C(NCc1ccc(CN2CCOCC2)cc1)N(C)Cc1ccccc1. The van der Waals surface area contributed by atoms with E-state index in [1.807, 2.05) is 13.1 Å². The summed E-state index contributed by atoms with van der Waals surface area (Å²) in [6.07, 6.45) is 0. The lowest BCUT2D eigenvalue weighted by Gasteiger charge is -2.26. The Labute approximate surface area is 162 Å². The molecule has 0 spiro atoms. The first kappa shape index (κ1) is 19.4. The number of ether oxygens (including phenoxy) is 1. The van der Waals surface area contributed by atoms with Crippen molar-refractivity contribution in [3.05, 3.63) is 71.3 Å². The molecule has 0 saturated carbocycles. The average Bonchev–Trinajstić information content (AvgIpc) is 2.71. The quantitative estimate of drug-likeness (QED) is 0.630. The Morgan fingerprint density at radius 1 is 1.00 bits per heavy atom. The van der Waals surface area contributed by atoms with Crippen molar-refractivity contribution in [2.45, 2.75) is 19.6 Å². The molecule has 144 valence electrons. The number of aliphatic imine (C=N–C) groups is 1. The van der Waals surface area contributed by atoms with Crippen molar-refractivity contribution in [3.63, 3.8) is 0 Å². The van der Waals surface area contributed by atoms with Crippen molar-refractivity contribution < 1.29 is 4.74 Å². The highest BCUT2D eigenvalue weighted by atomic mass is 16.5. The van der Waals surface area contributed by atoms with Crippen molar-refractivity contribution in [2.24, 2.45) is 4.99 Å². The molecule has 27 heavy (non-hydrogen) atoms. The Bertz CT molecular complexity index is 709. The molecule has 1 N–H and O–H groups in total. The van der Waals surface area contributed by atoms with E-state index >= 15 is 0 Å². The summed E-state index contributed by atoms with van der Waals surface area (Å²) in [6, 6.07) is 19.3. The minimum absolute atomic E-state index is 0.767. The second kappa shape index (κ2) is 10.1. The van der Waals surface area contributed by atoms with Crippen LogP contribution in [0.25, 0.3) is 0 Å². The molecule has 1 fully saturated rings. The maximum Gasteiger partial charge on any atom is 0.193 e. The van der Waals surface area contributed by atoms with Crippen LogP contribution >= 0.6 is 0 Å². The standard InChI is InChI=1S/C22H30N4O/c1-23-22(25(2)17-20-6-4-3-5-7-20)24-16-19-8-10-21(11-9-19)18-26-12-14-27-15-13-26/h3-11H,12-18H2,1-2H3,(H,23,24). The van der Waals surface area contributed by atoms with E-state index in [4.69, 9.17) is 4.74 Å². The molecule has 2 aromatic rings. The predicted octanol–water partition coefficient (Wildman–Crippen LogP) is 2.73. The van der Waals surface area contributed by atoms with Crippen LogP contribution in [0.2, 0.25) is 0 Å². The zero-order chi connectivity index (χ0) is 18.9. The molecule has 0 bridgehead atoms. The van der Waals surface area contributed by atoms with Gasteiger partial charge >= 0.3 is 0 Å². The second-order valence-corrected chi connectivity index (χ2v) is 6.95. The highest BCUT2D eigenvalue weighted by Crippen LogP contribution is 2.10. The Balaban J connectivity index is 1.49. The van der Waals surface area contributed by atoms with Crippen LogP contribution in [0.3, 0.4) is 0 Å². The summed E-state index contributed by atoms with van der Waals surface area (Å²) in [5, 5.41) is 3.46. The van der Waals surface area contributed by atoms with Gasteiger partial charge in [-0.15, -0.1) is 0 Å². The van der Waals surface area contributed by atoms with Gasteiger partial charge in [-0.2, -0.15) is 0 Å². The summed E-state index contributed by atoms with van der Waals surface area (Å²) in [6.45, 7) is 6.33. The summed E-state index contributed by atoms with van der Waals surface area (Å²) in [4.78, 5) is 8.99. The average molecular weight is 367 g/mol. The van der Waals surface area contributed by atoms with Crippen molar-refractivity contribution in [2.75, 3.05) is 40.4 Å². The van der Waals surface area contributed by atoms with Crippen LogP contribution in [-0.2, 0) is 24.4 Å². The van der Waals surface area contributed by atoms with Gasteiger partial charge in [-0.25, -0.2) is 0 Å². The molecule has 3 rings (SSSR count). The maximum atomic E-state index is 5.41. The van der Waals surface area contributed by atoms with Gasteiger partial charge < -0.3 is 15.0 Å². The predicted molar refractivity (Wildman–Crippen MR) is 111 cm³/mol. The van der Waals surface area contributed by atoms with E-state index < -0.39 is 0 Å². The van der Waals surface area contributed by atoms with Crippen molar-refractivity contribution in [1.29, 1.82) is 0 Å². The van der Waals surface area contributed by atoms with Gasteiger partial charge in [-0.05, 0) is 16.7 Å². The molecule has 5 heteroatoms. The highest BCUT2D eigenvalue weighted by molar-refractivity contribution is 5.79. The van der Waals surface area contributed by atoms with Crippen LogP contribution in [0.15, 0.2) is 59.6 Å². The van der Waals surface area contributed by atoms with Crippen LogP contribution in [0.5, 0.6) is 0 Å². The number of benzene rings is 2. The lowest BCUT2D eigenvalue weighted by molar-refractivity contribution is 0.0342. The molecule has 1 aliphatic heterocycles. The largest absolute Gasteiger partial charge is 0.379 e. The van der Waals surface area contributed by atoms with E-state index in [0.717, 1.165) is 51.9 Å². The molecule has 1 aliphatic rings. The van der Waals surface area contributed by atoms with Crippen molar-refractivity contribution >= 4 is 5.96 Å². The van der Waals surface area contributed by atoms with Gasteiger partial charge in [-0.1, -0.05) is 54.6 Å². The molecule has 0 amide bonds. The number of hydrogen-bond donors (Lipinski definition) is 1. The molecule has 1 heterocycles. The Hall–Kier alpha value is -2.37. The summed E-state index contributed by atoms with van der Waals surface area (Å²) in [5.74, 6) is 0.899. The zero-order valence-corrected chi connectivity index (χ0v) is 16.4. The van der Waals surface area contributed by atoms with Gasteiger partial charge in [0, 0.05) is 46.8 Å². The molecule has 1 saturated heterocycles. The minimum Gasteiger partial charge on any atom is -0.379 e.